The number of aromatic nitrogens is 1. The number of amides is 1. The smallest absolute Gasteiger partial charge is 0.475 e. The molecule has 1 aromatic heterocycles. The van der Waals surface area contributed by atoms with Crippen molar-refractivity contribution in [3.8, 4) is 0 Å². The highest BCUT2D eigenvalue weighted by molar-refractivity contribution is 5.91. The Hall–Kier alpha value is -2.03. The fourth-order valence-corrected chi connectivity index (χ4v) is 1.55. The second kappa shape index (κ2) is 5.74. The molecule has 0 aliphatic carbocycles. The van der Waals surface area contributed by atoms with E-state index in [2.05, 4.69) is 5.32 Å². The first kappa shape index (κ1) is 15.0. The van der Waals surface area contributed by atoms with Gasteiger partial charge in [0.1, 0.15) is 5.69 Å². The summed E-state index contributed by atoms with van der Waals surface area (Å²) in [6.07, 6.45) is -5.08. The van der Waals surface area contributed by atoms with Gasteiger partial charge in [0.05, 0.1) is 0 Å². The summed E-state index contributed by atoms with van der Waals surface area (Å²) in [4.78, 5) is 19.8. The molecule has 2 heterocycles. The van der Waals surface area contributed by atoms with Gasteiger partial charge in [-0.3, -0.25) is 4.79 Å². The molecule has 1 amide bonds. The van der Waals surface area contributed by atoms with Crippen LogP contribution in [0.3, 0.4) is 0 Å². The Bertz CT molecular complexity index is 482. The summed E-state index contributed by atoms with van der Waals surface area (Å²) in [5.74, 6) is -3.10. The van der Waals surface area contributed by atoms with E-state index in [1.165, 1.54) is 0 Å². The number of fused-ring (bicyclic) bond motifs is 1. The van der Waals surface area contributed by atoms with E-state index >= 15 is 0 Å². The number of hydrogen-bond donors (Lipinski definition) is 3. The van der Waals surface area contributed by atoms with Crippen LogP contribution in [0.5, 0.6) is 0 Å². The third kappa shape index (κ3) is 3.98. The Balaban J connectivity index is 0.000000224. The average Bonchev–Trinajstić information content (AvgIpc) is 2.72. The lowest BCUT2D eigenvalue weighted by atomic mass is 10.3. The molecule has 0 radical (unpaired) electrons. The predicted octanol–water partition coefficient (Wildman–Crippen LogP) is 0.323. The molecule has 106 valence electrons. The SMILES string of the molecule is NC(=O)c1ccc2n1CCNC2.O=C(O)C(F)(F)F. The Kier molecular flexibility index (Phi) is 4.54. The molecule has 0 saturated heterocycles. The van der Waals surface area contributed by atoms with Crippen molar-refractivity contribution in [3.05, 3.63) is 23.5 Å². The lowest BCUT2D eigenvalue weighted by molar-refractivity contribution is -0.192. The van der Waals surface area contributed by atoms with E-state index in [-0.39, 0.29) is 5.91 Å². The zero-order chi connectivity index (χ0) is 14.6. The number of carboxylic acid groups (broad SMARTS) is 1. The van der Waals surface area contributed by atoms with E-state index in [1.807, 2.05) is 10.6 Å². The Morgan fingerprint density at radius 3 is 2.42 bits per heavy atom. The van der Waals surface area contributed by atoms with Crippen molar-refractivity contribution >= 4 is 11.9 Å². The minimum Gasteiger partial charge on any atom is -0.475 e. The predicted molar refractivity (Wildman–Crippen MR) is 58.3 cm³/mol. The largest absolute Gasteiger partial charge is 0.490 e. The molecule has 9 heteroatoms. The van der Waals surface area contributed by atoms with Crippen LogP contribution < -0.4 is 11.1 Å². The van der Waals surface area contributed by atoms with Crippen molar-refractivity contribution in [1.82, 2.24) is 9.88 Å². The Morgan fingerprint density at radius 1 is 1.37 bits per heavy atom. The molecular weight excluding hydrogens is 267 g/mol. The van der Waals surface area contributed by atoms with Gasteiger partial charge in [-0.15, -0.1) is 0 Å². The number of halogens is 3. The standard InChI is InChI=1S/C8H11N3O.C2HF3O2/c9-8(12)7-2-1-6-5-10-3-4-11(6)7;3-2(4,5)1(6)7/h1-2,10H,3-5H2,(H2,9,12);(H,6,7). The molecule has 0 saturated carbocycles. The van der Waals surface area contributed by atoms with Gasteiger partial charge in [0.15, 0.2) is 0 Å². The van der Waals surface area contributed by atoms with Crippen LogP contribution in [0.15, 0.2) is 12.1 Å². The number of nitrogens with two attached hydrogens (primary N) is 1. The number of alkyl halides is 3. The number of carbonyl (C=O) groups is 2. The number of aliphatic carboxylic acids is 1. The van der Waals surface area contributed by atoms with E-state index in [9.17, 15) is 18.0 Å². The van der Waals surface area contributed by atoms with E-state index in [0.29, 0.717) is 5.69 Å². The molecular formula is C10H12F3N3O3. The summed E-state index contributed by atoms with van der Waals surface area (Å²) in [5.41, 5.74) is 6.95. The Morgan fingerprint density at radius 2 is 1.95 bits per heavy atom. The monoisotopic (exact) mass is 279 g/mol. The highest BCUT2D eigenvalue weighted by Crippen LogP contribution is 2.13. The minimum absolute atomic E-state index is 0.344. The third-order valence-electron chi connectivity index (χ3n) is 2.38. The van der Waals surface area contributed by atoms with Crippen LogP contribution in [0.4, 0.5) is 13.2 Å². The van der Waals surface area contributed by atoms with Crippen molar-refractivity contribution in [1.29, 1.82) is 0 Å². The van der Waals surface area contributed by atoms with E-state index in [4.69, 9.17) is 15.6 Å². The lowest BCUT2D eigenvalue weighted by Crippen LogP contribution is -2.30. The van der Waals surface area contributed by atoms with Gasteiger partial charge >= 0.3 is 12.1 Å². The van der Waals surface area contributed by atoms with Gasteiger partial charge < -0.3 is 20.7 Å². The average molecular weight is 279 g/mol. The quantitative estimate of drug-likeness (QED) is 0.689. The van der Waals surface area contributed by atoms with E-state index < -0.39 is 12.1 Å². The van der Waals surface area contributed by atoms with Gasteiger partial charge in [-0.25, -0.2) is 4.79 Å². The molecule has 0 unspecified atom stereocenters. The van der Waals surface area contributed by atoms with Gasteiger partial charge in [-0.05, 0) is 12.1 Å². The van der Waals surface area contributed by atoms with Crippen molar-refractivity contribution < 1.29 is 27.9 Å². The first-order valence-corrected chi connectivity index (χ1v) is 5.22. The Labute approximate surface area is 106 Å². The molecule has 19 heavy (non-hydrogen) atoms. The number of nitrogens with one attached hydrogen (secondary N) is 1. The first-order chi connectivity index (χ1) is 8.73. The van der Waals surface area contributed by atoms with Gasteiger partial charge in [-0.2, -0.15) is 13.2 Å². The number of nitrogens with zero attached hydrogens (tertiary/aromatic N) is 1. The summed E-state index contributed by atoms with van der Waals surface area (Å²) in [7, 11) is 0. The number of carbonyl (C=O) groups excluding carboxylic acids is 1. The summed E-state index contributed by atoms with van der Waals surface area (Å²) >= 11 is 0. The highest BCUT2D eigenvalue weighted by Gasteiger charge is 2.38. The summed E-state index contributed by atoms with van der Waals surface area (Å²) in [5, 5.41) is 10.3. The van der Waals surface area contributed by atoms with Crippen molar-refractivity contribution in [2.75, 3.05) is 6.54 Å². The van der Waals surface area contributed by atoms with Gasteiger partial charge in [0, 0.05) is 25.3 Å². The fraction of sp³-hybridized carbons (Fsp3) is 0.400. The van der Waals surface area contributed by atoms with Crippen LogP contribution in [-0.4, -0.2) is 34.3 Å². The summed E-state index contributed by atoms with van der Waals surface area (Å²) in [6, 6.07) is 3.72. The van der Waals surface area contributed by atoms with Crippen LogP contribution >= 0.6 is 0 Å². The molecule has 0 fully saturated rings. The molecule has 0 bridgehead atoms. The van der Waals surface area contributed by atoms with Crippen LogP contribution in [0.2, 0.25) is 0 Å². The molecule has 0 atom stereocenters. The molecule has 2 rings (SSSR count). The van der Waals surface area contributed by atoms with E-state index in [1.54, 1.807) is 6.07 Å². The fourth-order valence-electron chi connectivity index (χ4n) is 1.55. The molecule has 1 aliphatic rings. The van der Waals surface area contributed by atoms with E-state index in [0.717, 1.165) is 25.3 Å². The summed E-state index contributed by atoms with van der Waals surface area (Å²) in [6.45, 7) is 2.57. The topological polar surface area (TPSA) is 97.4 Å². The second-order valence-electron chi connectivity index (χ2n) is 3.71. The molecule has 0 aromatic carbocycles. The maximum atomic E-state index is 10.9. The maximum Gasteiger partial charge on any atom is 0.490 e. The lowest BCUT2D eigenvalue weighted by Gasteiger charge is -2.17. The second-order valence-corrected chi connectivity index (χ2v) is 3.71. The maximum absolute atomic E-state index is 10.9. The van der Waals surface area contributed by atoms with Crippen LogP contribution in [0.1, 0.15) is 16.2 Å². The van der Waals surface area contributed by atoms with Gasteiger partial charge in [0.2, 0.25) is 0 Å². The third-order valence-corrected chi connectivity index (χ3v) is 2.38. The summed E-state index contributed by atoms with van der Waals surface area (Å²) < 4.78 is 33.7. The van der Waals surface area contributed by atoms with Crippen molar-refractivity contribution in [2.45, 2.75) is 19.3 Å². The molecule has 6 nitrogen and oxygen atoms in total. The normalized spacial score (nSPS) is 14.1. The van der Waals surface area contributed by atoms with Crippen molar-refractivity contribution in [2.24, 2.45) is 5.73 Å². The highest BCUT2D eigenvalue weighted by atomic mass is 19.4. The number of carboxylic acids is 1. The molecule has 0 spiro atoms. The molecule has 1 aliphatic heterocycles. The first-order valence-electron chi connectivity index (χ1n) is 5.22. The van der Waals surface area contributed by atoms with Gasteiger partial charge in [0.25, 0.3) is 5.91 Å². The number of hydrogen-bond acceptors (Lipinski definition) is 3. The molecule has 1 aromatic rings. The van der Waals surface area contributed by atoms with Crippen molar-refractivity contribution in [3.63, 3.8) is 0 Å². The van der Waals surface area contributed by atoms with Crippen LogP contribution in [0, 0.1) is 0 Å². The van der Waals surface area contributed by atoms with Crippen LogP contribution in [0.25, 0.3) is 0 Å². The zero-order valence-electron chi connectivity index (χ0n) is 9.70. The van der Waals surface area contributed by atoms with Gasteiger partial charge in [-0.1, -0.05) is 0 Å². The minimum atomic E-state index is -5.08. The number of primary amides is 1. The number of rotatable bonds is 1. The molecule has 4 N–H and O–H groups in total. The van der Waals surface area contributed by atoms with Crippen LogP contribution in [-0.2, 0) is 17.9 Å². The zero-order valence-corrected chi connectivity index (χ0v) is 9.70.